The van der Waals surface area contributed by atoms with Gasteiger partial charge in [-0.15, -0.1) is 0 Å². The van der Waals surface area contributed by atoms with Gasteiger partial charge in [-0.05, 0) is 31.2 Å². The Morgan fingerprint density at radius 2 is 1.94 bits per heavy atom. The van der Waals surface area contributed by atoms with E-state index >= 15 is 0 Å². The Kier molecular flexibility index (Phi) is 5.59. The summed E-state index contributed by atoms with van der Waals surface area (Å²) in [6.45, 7) is 4.08. The van der Waals surface area contributed by atoms with Crippen LogP contribution in [0.1, 0.15) is 39.5 Å². The summed E-state index contributed by atoms with van der Waals surface area (Å²) in [5.74, 6) is -1.17. The average Bonchev–Trinajstić information content (AvgIpc) is 2.34. The highest BCUT2D eigenvalue weighted by molar-refractivity contribution is 5.85. The standard InChI is InChI=1S/C13H24N2O3/c1-8(2)11(13(17)18)15-12(16)10-6-4-3-5-9(10)7-14/h8-11H,3-7,14H2,1-2H3,(H,15,16)(H,17,18)/t9?,10?,11-/m0/s1. The van der Waals surface area contributed by atoms with Crippen LogP contribution < -0.4 is 11.1 Å². The lowest BCUT2D eigenvalue weighted by Crippen LogP contribution is -2.49. The first kappa shape index (κ1) is 15.0. The average molecular weight is 256 g/mol. The number of carbonyl (C=O) groups excluding carboxylic acids is 1. The maximum absolute atomic E-state index is 12.2. The molecule has 1 amide bonds. The molecule has 4 N–H and O–H groups in total. The molecule has 0 aromatic carbocycles. The molecule has 1 aliphatic carbocycles. The third-order valence-corrected chi connectivity index (χ3v) is 3.78. The van der Waals surface area contributed by atoms with Gasteiger partial charge in [-0.1, -0.05) is 26.7 Å². The quantitative estimate of drug-likeness (QED) is 0.683. The van der Waals surface area contributed by atoms with E-state index in [9.17, 15) is 9.59 Å². The van der Waals surface area contributed by atoms with Gasteiger partial charge in [0.15, 0.2) is 0 Å². The summed E-state index contributed by atoms with van der Waals surface area (Å²) in [4.78, 5) is 23.2. The van der Waals surface area contributed by atoms with E-state index in [1.165, 1.54) is 0 Å². The molecule has 0 aliphatic heterocycles. The number of aliphatic carboxylic acids is 1. The third-order valence-electron chi connectivity index (χ3n) is 3.78. The van der Waals surface area contributed by atoms with Crippen molar-refractivity contribution < 1.29 is 14.7 Å². The number of rotatable bonds is 5. The molecule has 0 aromatic rings. The molecule has 2 unspecified atom stereocenters. The highest BCUT2D eigenvalue weighted by Gasteiger charge is 2.33. The Balaban J connectivity index is 2.64. The van der Waals surface area contributed by atoms with Gasteiger partial charge in [0.05, 0.1) is 0 Å². The lowest BCUT2D eigenvalue weighted by atomic mass is 9.78. The molecule has 0 saturated heterocycles. The van der Waals surface area contributed by atoms with Crippen molar-refractivity contribution in [3.63, 3.8) is 0 Å². The minimum Gasteiger partial charge on any atom is -0.480 e. The molecule has 0 radical (unpaired) electrons. The summed E-state index contributed by atoms with van der Waals surface area (Å²) in [7, 11) is 0. The van der Waals surface area contributed by atoms with Gasteiger partial charge >= 0.3 is 5.97 Å². The Labute approximate surface area is 108 Å². The number of amides is 1. The fourth-order valence-corrected chi connectivity index (χ4v) is 2.61. The van der Waals surface area contributed by atoms with Crippen LogP contribution in [0, 0.1) is 17.8 Å². The van der Waals surface area contributed by atoms with E-state index in [2.05, 4.69) is 5.32 Å². The molecular weight excluding hydrogens is 232 g/mol. The van der Waals surface area contributed by atoms with Crippen molar-refractivity contribution in [2.45, 2.75) is 45.6 Å². The largest absolute Gasteiger partial charge is 0.480 e. The number of nitrogens with two attached hydrogens (primary N) is 1. The number of hydrogen-bond donors (Lipinski definition) is 3. The van der Waals surface area contributed by atoms with Crippen LogP contribution in [0.5, 0.6) is 0 Å². The molecule has 3 atom stereocenters. The van der Waals surface area contributed by atoms with E-state index in [0.717, 1.165) is 25.7 Å². The molecule has 0 bridgehead atoms. The van der Waals surface area contributed by atoms with Crippen LogP contribution in [0.2, 0.25) is 0 Å². The van der Waals surface area contributed by atoms with Crippen LogP contribution in [0.3, 0.4) is 0 Å². The fourth-order valence-electron chi connectivity index (χ4n) is 2.61. The summed E-state index contributed by atoms with van der Waals surface area (Å²) in [5.41, 5.74) is 5.69. The molecule has 0 spiro atoms. The molecule has 18 heavy (non-hydrogen) atoms. The molecule has 0 aromatic heterocycles. The molecule has 104 valence electrons. The number of nitrogens with one attached hydrogen (secondary N) is 1. The Bertz CT molecular complexity index is 305. The lowest BCUT2D eigenvalue weighted by Gasteiger charge is -2.31. The van der Waals surface area contributed by atoms with E-state index in [4.69, 9.17) is 10.8 Å². The van der Waals surface area contributed by atoms with E-state index in [0.29, 0.717) is 6.54 Å². The van der Waals surface area contributed by atoms with Crippen LogP contribution in [0.4, 0.5) is 0 Å². The third kappa shape index (κ3) is 3.70. The van der Waals surface area contributed by atoms with Gasteiger partial charge in [0.1, 0.15) is 6.04 Å². The first-order valence-electron chi connectivity index (χ1n) is 6.70. The zero-order chi connectivity index (χ0) is 13.7. The highest BCUT2D eigenvalue weighted by Crippen LogP contribution is 2.29. The summed E-state index contributed by atoms with van der Waals surface area (Å²) in [6, 6.07) is -0.808. The normalized spacial score (nSPS) is 25.8. The van der Waals surface area contributed by atoms with Gasteiger partial charge in [-0.3, -0.25) is 4.79 Å². The molecule has 1 saturated carbocycles. The Hall–Kier alpha value is -1.10. The van der Waals surface area contributed by atoms with Crippen molar-refractivity contribution in [1.29, 1.82) is 0 Å². The first-order chi connectivity index (χ1) is 8.47. The van der Waals surface area contributed by atoms with Crippen molar-refractivity contribution in [2.24, 2.45) is 23.5 Å². The summed E-state index contributed by atoms with van der Waals surface area (Å²) < 4.78 is 0. The number of carboxylic acids is 1. The van der Waals surface area contributed by atoms with E-state index in [1.54, 1.807) is 13.8 Å². The minimum atomic E-state index is -0.974. The second-order valence-corrected chi connectivity index (χ2v) is 5.46. The van der Waals surface area contributed by atoms with Crippen molar-refractivity contribution in [2.75, 3.05) is 6.54 Å². The van der Waals surface area contributed by atoms with Crippen molar-refractivity contribution in [1.82, 2.24) is 5.32 Å². The van der Waals surface area contributed by atoms with Gasteiger partial charge in [0.25, 0.3) is 0 Å². The number of carbonyl (C=O) groups is 2. The molecule has 5 nitrogen and oxygen atoms in total. The van der Waals surface area contributed by atoms with Crippen LogP contribution in [-0.4, -0.2) is 29.6 Å². The number of hydrogen-bond acceptors (Lipinski definition) is 3. The zero-order valence-electron chi connectivity index (χ0n) is 11.2. The van der Waals surface area contributed by atoms with Gasteiger partial charge < -0.3 is 16.2 Å². The van der Waals surface area contributed by atoms with Crippen LogP contribution in [0.15, 0.2) is 0 Å². The highest BCUT2D eigenvalue weighted by atomic mass is 16.4. The minimum absolute atomic E-state index is 0.119. The molecule has 1 fully saturated rings. The van der Waals surface area contributed by atoms with Gasteiger partial charge in [-0.25, -0.2) is 4.79 Å². The van der Waals surface area contributed by atoms with Crippen molar-refractivity contribution >= 4 is 11.9 Å². The fraction of sp³-hybridized carbons (Fsp3) is 0.846. The van der Waals surface area contributed by atoms with E-state index in [-0.39, 0.29) is 23.7 Å². The van der Waals surface area contributed by atoms with Gasteiger partial charge in [0.2, 0.25) is 5.91 Å². The van der Waals surface area contributed by atoms with Crippen LogP contribution in [0.25, 0.3) is 0 Å². The van der Waals surface area contributed by atoms with Gasteiger partial charge in [-0.2, -0.15) is 0 Å². The zero-order valence-corrected chi connectivity index (χ0v) is 11.2. The summed E-state index contributed by atoms with van der Waals surface area (Å²) >= 11 is 0. The van der Waals surface area contributed by atoms with Crippen molar-refractivity contribution in [3.05, 3.63) is 0 Å². The molecule has 1 rings (SSSR count). The monoisotopic (exact) mass is 256 g/mol. The molecule has 5 heteroatoms. The summed E-state index contributed by atoms with van der Waals surface area (Å²) in [5, 5.41) is 11.7. The predicted octanol–water partition coefficient (Wildman–Crippen LogP) is 0.977. The van der Waals surface area contributed by atoms with E-state index < -0.39 is 12.0 Å². The predicted molar refractivity (Wildman–Crippen MR) is 68.9 cm³/mol. The Morgan fingerprint density at radius 3 is 2.44 bits per heavy atom. The van der Waals surface area contributed by atoms with Crippen molar-refractivity contribution in [3.8, 4) is 0 Å². The second-order valence-electron chi connectivity index (χ2n) is 5.46. The van der Waals surface area contributed by atoms with E-state index in [1.807, 2.05) is 0 Å². The smallest absolute Gasteiger partial charge is 0.326 e. The first-order valence-corrected chi connectivity index (χ1v) is 6.70. The lowest BCUT2D eigenvalue weighted by molar-refractivity contribution is -0.144. The summed E-state index contributed by atoms with van der Waals surface area (Å²) in [6.07, 6.45) is 3.92. The molecular formula is C13H24N2O3. The van der Waals surface area contributed by atoms with Crippen LogP contribution in [-0.2, 0) is 9.59 Å². The van der Waals surface area contributed by atoms with Crippen LogP contribution >= 0.6 is 0 Å². The molecule has 1 aliphatic rings. The Morgan fingerprint density at radius 1 is 1.33 bits per heavy atom. The second kappa shape index (κ2) is 6.73. The maximum atomic E-state index is 12.2. The van der Waals surface area contributed by atoms with Gasteiger partial charge in [0, 0.05) is 5.92 Å². The topological polar surface area (TPSA) is 92.4 Å². The SMILES string of the molecule is CC(C)[C@H](NC(=O)C1CCCCC1CN)C(=O)O. The maximum Gasteiger partial charge on any atom is 0.326 e. The molecule has 0 heterocycles. The number of carboxylic acid groups (broad SMARTS) is 1.